The molecule has 0 saturated heterocycles. The molecule has 0 saturated carbocycles. The van der Waals surface area contributed by atoms with Crippen molar-refractivity contribution in [3.63, 3.8) is 0 Å². The number of rotatable bonds is 10. The smallest absolute Gasteiger partial charge is 0.0618 e. The molecule has 0 aliphatic carbocycles. The lowest BCUT2D eigenvalue weighted by Crippen LogP contribution is -1.91. The minimum absolute atomic E-state index is 0.781. The Morgan fingerprint density at radius 3 is 1.39 bits per heavy atom. The topological polar surface area (TPSA) is 18.5 Å². The zero-order valence-corrected chi connectivity index (χ0v) is 15.4. The molecule has 124 valence electrons. The van der Waals surface area contributed by atoms with Crippen LogP contribution in [0.3, 0.4) is 0 Å². The molecule has 4 heteroatoms. The lowest BCUT2D eigenvalue weighted by Gasteiger charge is -2.04. The minimum atomic E-state index is 0.781. The first kappa shape index (κ1) is 18.4. The molecule has 0 bridgehead atoms. The fourth-order valence-electron chi connectivity index (χ4n) is 1.91. The van der Waals surface area contributed by atoms with Gasteiger partial charge < -0.3 is 8.37 Å². The van der Waals surface area contributed by atoms with Gasteiger partial charge in [0, 0.05) is 33.9 Å². The van der Waals surface area contributed by atoms with Crippen molar-refractivity contribution in [2.45, 2.75) is 42.9 Å². The third kappa shape index (κ3) is 7.93. The number of hydrogen-bond donors (Lipinski definition) is 0. The Hall–Kier alpha value is -0.940. The van der Waals surface area contributed by atoms with Gasteiger partial charge in [0.15, 0.2) is 0 Å². The average molecular weight is 349 g/mol. The summed E-state index contributed by atoms with van der Waals surface area (Å²) >= 11 is 2.92. The van der Waals surface area contributed by atoms with Crippen molar-refractivity contribution < 1.29 is 8.37 Å². The second-order valence-electron chi connectivity index (χ2n) is 5.50. The Morgan fingerprint density at radius 1 is 0.609 bits per heavy atom. The maximum absolute atomic E-state index is 5.62. The maximum Gasteiger partial charge on any atom is 0.0618 e. The molecule has 0 radical (unpaired) electrons. The molecule has 0 amide bonds. The molecule has 2 aromatic rings. The van der Waals surface area contributed by atoms with E-state index in [0.717, 1.165) is 42.3 Å². The van der Waals surface area contributed by atoms with Gasteiger partial charge in [-0.2, -0.15) is 0 Å². The Morgan fingerprint density at radius 2 is 1.00 bits per heavy atom. The van der Waals surface area contributed by atoms with Crippen LogP contribution in [0.1, 0.15) is 30.4 Å². The first-order valence-electron chi connectivity index (χ1n) is 7.96. The molecule has 0 fully saturated rings. The lowest BCUT2D eigenvalue weighted by atomic mass is 10.2. The lowest BCUT2D eigenvalue weighted by molar-refractivity contribution is 0.326. The van der Waals surface area contributed by atoms with E-state index >= 15 is 0 Å². The third-order valence-electron chi connectivity index (χ3n) is 3.31. The van der Waals surface area contributed by atoms with Crippen molar-refractivity contribution in [2.24, 2.45) is 0 Å². The second kappa shape index (κ2) is 10.8. The first-order valence-corrected chi connectivity index (χ1v) is 9.44. The summed E-state index contributed by atoms with van der Waals surface area (Å²) in [4.78, 5) is 2.32. The van der Waals surface area contributed by atoms with Gasteiger partial charge in [-0.05, 0) is 57.4 Å². The second-order valence-corrected chi connectivity index (χ2v) is 7.24. The monoisotopic (exact) mass is 348 g/mol. The van der Waals surface area contributed by atoms with E-state index in [1.807, 2.05) is 0 Å². The van der Waals surface area contributed by atoms with Gasteiger partial charge >= 0.3 is 0 Å². The van der Waals surface area contributed by atoms with E-state index in [9.17, 15) is 0 Å². The minimum Gasteiger partial charge on any atom is -0.310 e. The molecular weight excluding hydrogens is 324 g/mol. The summed E-state index contributed by atoms with van der Waals surface area (Å²) in [5.74, 6) is 0. The Kier molecular flexibility index (Phi) is 8.61. The summed E-state index contributed by atoms with van der Waals surface area (Å²) in [6.45, 7) is 5.75. The van der Waals surface area contributed by atoms with E-state index in [0.29, 0.717) is 0 Å². The molecule has 0 aliphatic heterocycles. The van der Waals surface area contributed by atoms with Crippen molar-refractivity contribution in [1.29, 1.82) is 0 Å². The van der Waals surface area contributed by atoms with Gasteiger partial charge in [0.1, 0.15) is 0 Å². The molecule has 0 N–H and O–H groups in total. The van der Waals surface area contributed by atoms with E-state index in [4.69, 9.17) is 8.37 Å². The van der Waals surface area contributed by atoms with E-state index < -0.39 is 0 Å². The van der Waals surface area contributed by atoms with Crippen LogP contribution < -0.4 is 0 Å². The number of hydrogen-bond acceptors (Lipinski definition) is 4. The standard InChI is InChI=1S/C19H24O2S2/c1-16-6-10-18(11-7-16)22-20-14-4-3-5-15-21-23-19-12-8-17(2)9-13-19/h6-13H,3-5,14-15H2,1-2H3. The van der Waals surface area contributed by atoms with Gasteiger partial charge in [0.2, 0.25) is 0 Å². The Labute approximate surface area is 148 Å². The van der Waals surface area contributed by atoms with Gasteiger partial charge in [-0.15, -0.1) is 0 Å². The normalized spacial score (nSPS) is 10.9. The third-order valence-corrected chi connectivity index (χ3v) is 4.81. The van der Waals surface area contributed by atoms with Crippen LogP contribution >= 0.6 is 24.1 Å². The molecule has 0 spiro atoms. The average Bonchev–Trinajstić information content (AvgIpc) is 2.56. The zero-order chi connectivity index (χ0) is 16.3. The Bertz CT molecular complexity index is 501. The number of benzene rings is 2. The van der Waals surface area contributed by atoms with Crippen molar-refractivity contribution >= 4 is 24.1 Å². The van der Waals surface area contributed by atoms with Gasteiger partial charge in [-0.25, -0.2) is 0 Å². The van der Waals surface area contributed by atoms with Crippen LogP contribution in [0.25, 0.3) is 0 Å². The summed E-state index contributed by atoms with van der Waals surface area (Å²) in [5.41, 5.74) is 2.55. The predicted octanol–water partition coefficient (Wildman–Crippen LogP) is 6.22. The highest BCUT2D eigenvalue weighted by atomic mass is 32.2. The molecule has 0 aromatic heterocycles. The summed E-state index contributed by atoms with van der Waals surface area (Å²) in [7, 11) is 0. The van der Waals surface area contributed by atoms with Crippen LogP contribution in [0.2, 0.25) is 0 Å². The first-order chi connectivity index (χ1) is 11.2. The van der Waals surface area contributed by atoms with E-state index in [-0.39, 0.29) is 0 Å². The quantitative estimate of drug-likeness (QED) is 0.374. The molecule has 2 nitrogen and oxygen atoms in total. The van der Waals surface area contributed by atoms with E-state index in [1.54, 1.807) is 0 Å². The van der Waals surface area contributed by atoms with Crippen LogP contribution in [-0.4, -0.2) is 13.2 Å². The molecule has 2 rings (SSSR count). The molecule has 0 aliphatic rings. The van der Waals surface area contributed by atoms with Crippen molar-refractivity contribution in [3.8, 4) is 0 Å². The number of aryl methyl sites for hydroxylation is 2. The predicted molar refractivity (Wildman–Crippen MR) is 99.8 cm³/mol. The summed E-state index contributed by atoms with van der Waals surface area (Å²) in [5, 5.41) is 0. The van der Waals surface area contributed by atoms with Crippen LogP contribution in [0.5, 0.6) is 0 Å². The van der Waals surface area contributed by atoms with Crippen molar-refractivity contribution in [3.05, 3.63) is 59.7 Å². The van der Waals surface area contributed by atoms with Gasteiger partial charge in [-0.1, -0.05) is 35.4 Å². The molecule has 23 heavy (non-hydrogen) atoms. The molecular formula is C19H24O2S2. The maximum atomic E-state index is 5.62. The van der Waals surface area contributed by atoms with Gasteiger partial charge in [-0.3, -0.25) is 0 Å². The fraction of sp³-hybridized carbons (Fsp3) is 0.368. The van der Waals surface area contributed by atoms with Gasteiger partial charge in [0.05, 0.1) is 13.2 Å². The highest BCUT2D eigenvalue weighted by Crippen LogP contribution is 2.21. The fourth-order valence-corrected chi connectivity index (χ4v) is 3.07. The van der Waals surface area contributed by atoms with Crippen LogP contribution in [0, 0.1) is 13.8 Å². The largest absolute Gasteiger partial charge is 0.310 e. The van der Waals surface area contributed by atoms with Crippen molar-refractivity contribution in [1.82, 2.24) is 0 Å². The number of unbranched alkanes of at least 4 members (excludes halogenated alkanes) is 2. The van der Waals surface area contributed by atoms with Gasteiger partial charge in [0.25, 0.3) is 0 Å². The van der Waals surface area contributed by atoms with Crippen LogP contribution in [0.4, 0.5) is 0 Å². The molecule has 2 aromatic carbocycles. The summed E-state index contributed by atoms with van der Waals surface area (Å²) in [6, 6.07) is 16.8. The van der Waals surface area contributed by atoms with Crippen molar-refractivity contribution in [2.75, 3.05) is 13.2 Å². The molecule has 0 atom stereocenters. The summed E-state index contributed by atoms with van der Waals surface area (Å²) < 4.78 is 11.2. The molecule has 0 unspecified atom stereocenters. The van der Waals surface area contributed by atoms with E-state index in [2.05, 4.69) is 62.4 Å². The molecule has 0 heterocycles. The van der Waals surface area contributed by atoms with Crippen LogP contribution in [-0.2, 0) is 8.37 Å². The van der Waals surface area contributed by atoms with E-state index in [1.165, 1.54) is 35.2 Å². The Balaban J connectivity index is 1.43. The summed E-state index contributed by atoms with van der Waals surface area (Å²) in [6.07, 6.45) is 3.26. The van der Waals surface area contributed by atoms with Crippen LogP contribution in [0.15, 0.2) is 58.3 Å². The SMILES string of the molecule is Cc1ccc(SOCCCCCOSc2ccc(C)cc2)cc1. The zero-order valence-electron chi connectivity index (χ0n) is 13.8. The highest BCUT2D eigenvalue weighted by molar-refractivity contribution is 7.94. The highest BCUT2D eigenvalue weighted by Gasteiger charge is 1.97.